The first-order chi connectivity index (χ1) is 1.73. The predicted octanol–water partition coefficient (Wildman–Crippen LogP) is 1.77. The third-order valence-corrected chi connectivity index (χ3v) is 0. The van der Waals surface area contributed by atoms with Crippen molar-refractivity contribution in [2.75, 3.05) is 0 Å². The zero-order valence-corrected chi connectivity index (χ0v) is 9.77. The van der Waals surface area contributed by atoms with Crippen molar-refractivity contribution in [1.29, 1.82) is 0 Å². The van der Waals surface area contributed by atoms with Crippen LogP contribution in [0.4, 0.5) is 0 Å². The summed E-state index contributed by atoms with van der Waals surface area (Å²) in [5, 5.41) is 0. The molecule has 0 aromatic heterocycles. The fraction of sp³-hybridized carbons (Fsp3) is 0.500. The molecule has 0 rings (SSSR count). The number of carbonyl (C=O) groups is 1. The van der Waals surface area contributed by atoms with Crippen molar-refractivity contribution in [1.82, 2.24) is 0 Å². The second kappa shape index (κ2) is 23.3. The van der Waals surface area contributed by atoms with Crippen molar-refractivity contribution in [2.45, 2.75) is 6.92 Å². The Hall–Kier alpha value is 1.71. The Morgan fingerprint density at radius 3 is 1.12 bits per heavy atom. The smallest absolute Gasteiger partial charge is 0.147 e. The summed E-state index contributed by atoms with van der Waals surface area (Å²) in [7, 11) is 0. The summed E-state index contributed by atoms with van der Waals surface area (Å²) in [6, 6.07) is 0. The van der Waals surface area contributed by atoms with Crippen LogP contribution in [0.2, 0.25) is 0 Å². The molecule has 0 aliphatic heterocycles. The van der Waals surface area contributed by atoms with E-state index < -0.39 is 0 Å². The maximum Gasteiger partial charge on any atom is -0.147 e. The van der Waals surface area contributed by atoms with Gasteiger partial charge in [-0.05, 0) is 0 Å². The topological polar surface area (TPSA) is 17.1 Å². The second-order valence-electron chi connectivity index (χ2n) is 0.556. The molecule has 0 spiro atoms. The fourth-order valence-electron chi connectivity index (χ4n) is 0. The van der Waals surface area contributed by atoms with Gasteiger partial charge in [-0.2, -0.15) is 0 Å². The molecule has 0 heterocycles. The predicted molar refractivity (Wildman–Crippen MR) is 39.7 cm³/mol. The van der Waals surface area contributed by atoms with E-state index in [4.69, 9.17) is 0 Å². The van der Waals surface area contributed by atoms with Gasteiger partial charge >= 0.3 is 39.9 Å². The van der Waals surface area contributed by atoms with Gasteiger partial charge in [0, 0.05) is 0 Å². The van der Waals surface area contributed by atoms with Crippen molar-refractivity contribution in [3.8, 4) is 0 Å². The van der Waals surface area contributed by atoms with Crippen molar-refractivity contribution in [3.63, 3.8) is 0 Å². The number of carbonyl (C=O) groups excluding carboxylic acids is 1. The molecule has 0 N–H and O–H groups in total. The monoisotopic (exact) mass is 277 g/mol. The Labute approximate surface area is 88.8 Å². The van der Waals surface area contributed by atoms with E-state index in [1.807, 2.05) is 0 Å². The minimum absolute atomic E-state index is 0. The molecule has 0 amide bonds. The van der Waals surface area contributed by atoms with E-state index in [1.165, 1.54) is 0 Å². The molecule has 0 radical (unpaired) electrons. The summed E-state index contributed by atoms with van der Waals surface area (Å²) in [6.07, 6.45) is 0. The molecule has 0 fully saturated rings. The Bertz CT molecular complexity index is 37.0. The first-order valence-corrected chi connectivity index (χ1v) is 2.18. The maximum atomic E-state index is 9.48. The largest absolute Gasteiger partial charge is 0.147 e. The third-order valence-electron chi connectivity index (χ3n) is 0. The molecule has 0 aliphatic rings. The molecule has 0 aromatic carbocycles. The molecule has 53 valence electrons. The first kappa shape index (κ1) is 33.2. The van der Waals surface area contributed by atoms with Crippen LogP contribution in [0.3, 0.4) is 0 Å². The summed E-state index contributed by atoms with van der Waals surface area (Å²) < 4.78 is 0.257. The van der Waals surface area contributed by atoms with Gasteiger partial charge in [0.15, 0.2) is 0 Å². The van der Waals surface area contributed by atoms with Crippen molar-refractivity contribution in [2.24, 2.45) is 0 Å². The molecule has 0 bridgehead atoms. The normalized spacial score (nSPS) is 3.00. The van der Waals surface area contributed by atoms with Crippen molar-refractivity contribution >= 4 is 53.1 Å². The number of rotatable bonds is 0. The molecule has 1 nitrogen and oxygen atoms in total. The van der Waals surface area contributed by atoms with Gasteiger partial charge < -0.3 is 0 Å². The van der Waals surface area contributed by atoms with Gasteiger partial charge in [-0.3, -0.25) is 0 Å². The molecule has 0 aromatic rings. The zero-order valence-electron chi connectivity index (χ0n) is 4.04. The molecular weight excluding hydrogens is 273 g/mol. The molecule has 0 unspecified atom stereocenters. The van der Waals surface area contributed by atoms with Crippen LogP contribution in [0.15, 0.2) is 0 Å². The van der Waals surface area contributed by atoms with E-state index in [-0.39, 0.29) is 53.1 Å². The van der Waals surface area contributed by atoms with Gasteiger partial charge in [-0.15, -0.1) is 49.6 Å². The van der Waals surface area contributed by atoms with Crippen molar-refractivity contribution < 1.29 is 29.5 Å². The van der Waals surface area contributed by atoms with Gasteiger partial charge in [0.25, 0.3) is 0 Å². The summed E-state index contributed by atoms with van der Waals surface area (Å²) in [5.41, 5.74) is 0. The van der Waals surface area contributed by atoms with Crippen LogP contribution in [-0.2, 0) is 29.5 Å². The van der Waals surface area contributed by atoms with Crippen LogP contribution in [-0.4, -0.2) is 3.49 Å². The van der Waals surface area contributed by atoms with Crippen LogP contribution in [0.25, 0.3) is 0 Å². The minimum Gasteiger partial charge on any atom is -0.147 e. The van der Waals surface area contributed by atoms with Gasteiger partial charge in [-0.25, -0.2) is 0 Å². The Morgan fingerprint density at radius 2 is 1.12 bits per heavy atom. The van der Waals surface area contributed by atoms with Crippen LogP contribution < -0.4 is 0 Å². The summed E-state index contributed by atoms with van der Waals surface area (Å²) in [5.74, 6) is 0. The molecule has 0 saturated carbocycles. The zero-order chi connectivity index (χ0) is 3.58. The van der Waals surface area contributed by atoms with E-state index in [0.29, 0.717) is 0 Å². The average molecular weight is 280 g/mol. The van der Waals surface area contributed by atoms with Crippen LogP contribution in [0.1, 0.15) is 6.92 Å². The molecule has 0 saturated heterocycles. The Balaban J connectivity index is -0.00000000750. The van der Waals surface area contributed by atoms with Crippen LogP contribution >= 0.6 is 49.6 Å². The van der Waals surface area contributed by atoms with E-state index in [1.54, 1.807) is 6.92 Å². The van der Waals surface area contributed by atoms with Gasteiger partial charge in [0.1, 0.15) is 0 Å². The number of hydrogen-bond donors (Lipinski definition) is 0. The summed E-state index contributed by atoms with van der Waals surface area (Å²) in [6.45, 7) is 1.57. The first-order valence-electron chi connectivity index (χ1n) is 0.954. The molecular formula is C2H7Cl4OZr. The van der Waals surface area contributed by atoms with Gasteiger partial charge in [-0.1, -0.05) is 0 Å². The standard InChI is InChI=1S/C2H3O.4ClH.Zr/c1-2-3;;;;;/h1H3;4*1H;. The summed E-state index contributed by atoms with van der Waals surface area (Å²) in [4.78, 5) is 9.48. The van der Waals surface area contributed by atoms with Crippen molar-refractivity contribution in [3.05, 3.63) is 0 Å². The van der Waals surface area contributed by atoms with E-state index in [9.17, 15) is 4.79 Å². The van der Waals surface area contributed by atoms with Gasteiger partial charge in [0.2, 0.25) is 0 Å². The Kier molecular flexibility index (Phi) is 96.8. The minimum atomic E-state index is 0. The van der Waals surface area contributed by atoms with E-state index >= 15 is 0 Å². The molecule has 0 atom stereocenters. The maximum absolute atomic E-state index is 9.48. The average Bonchev–Trinajstić information content (AvgIpc) is 0.811. The van der Waals surface area contributed by atoms with Gasteiger partial charge in [0.05, 0.1) is 0 Å². The van der Waals surface area contributed by atoms with E-state index in [0.717, 1.165) is 24.7 Å². The fourth-order valence-corrected chi connectivity index (χ4v) is 0. The van der Waals surface area contributed by atoms with Crippen LogP contribution in [0.5, 0.6) is 0 Å². The van der Waals surface area contributed by atoms with Crippen LogP contribution in [0, 0.1) is 0 Å². The summed E-state index contributed by atoms with van der Waals surface area (Å²) >= 11 is 0.998. The molecule has 6 heteroatoms. The second-order valence-corrected chi connectivity index (χ2v) is 2.29. The number of halogens is 4. The quantitative estimate of drug-likeness (QED) is 0.661. The van der Waals surface area contributed by atoms with E-state index in [2.05, 4.69) is 0 Å². The molecule has 0 aliphatic carbocycles. The third kappa shape index (κ3) is 118. The molecule has 8 heavy (non-hydrogen) atoms. The Morgan fingerprint density at radius 1 is 1.12 bits per heavy atom. The SMILES string of the molecule is C[C](=O)[Zr].Cl.Cl.Cl.Cl. The number of hydrogen-bond acceptors (Lipinski definition) is 1.